The van der Waals surface area contributed by atoms with Crippen LogP contribution in [0.5, 0.6) is 0 Å². The van der Waals surface area contributed by atoms with Crippen molar-refractivity contribution in [1.82, 2.24) is 19.8 Å². The molecule has 3 aliphatic heterocycles. The highest BCUT2D eigenvalue weighted by Gasteiger charge is 2.45. The third-order valence-corrected chi connectivity index (χ3v) is 8.48. The van der Waals surface area contributed by atoms with Crippen molar-refractivity contribution in [3.05, 3.63) is 51.9 Å². The number of rotatable bonds is 3. The number of thioether (sulfide) groups is 2. The fourth-order valence-electron chi connectivity index (χ4n) is 3.95. The van der Waals surface area contributed by atoms with Gasteiger partial charge in [-0.2, -0.15) is 0 Å². The highest BCUT2D eigenvalue weighted by atomic mass is 35.5. The molecule has 5 heterocycles. The molecule has 1 saturated heterocycles. The zero-order valence-corrected chi connectivity index (χ0v) is 20.4. The Bertz CT molecular complexity index is 1230. The number of hydrogen-bond acceptors (Lipinski definition) is 8. The van der Waals surface area contributed by atoms with Crippen molar-refractivity contribution < 1.29 is 19.1 Å². The van der Waals surface area contributed by atoms with Crippen molar-refractivity contribution in [3.63, 3.8) is 0 Å². The molecule has 12 heteroatoms. The maximum atomic E-state index is 13.4. The van der Waals surface area contributed by atoms with Gasteiger partial charge in [-0.25, -0.2) is 19.7 Å². The molecule has 0 spiro atoms. The summed E-state index contributed by atoms with van der Waals surface area (Å²) in [6, 6.07) is 6.99. The lowest BCUT2D eigenvalue weighted by molar-refractivity contribution is -0.127. The number of pyridine rings is 2. The van der Waals surface area contributed by atoms with Gasteiger partial charge >= 0.3 is 6.09 Å². The van der Waals surface area contributed by atoms with E-state index in [1.807, 2.05) is 0 Å². The average molecular weight is 518 g/mol. The van der Waals surface area contributed by atoms with Crippen molar-refractivity contribution in [2.45, 2.75) is 6.23 Å². The minimum atomic E-state index is -0.912. The van der Waals surface area contributed by atoms with Crippen molar-refractivity contribution in [2.24, 2.45) is 0 Å². The van der Waals surface area contributed by atoms with E-state index in [-0.39, 0.29) is 11.8 Å². The van der Waals surface area contributed by atoms with Gasteiger partial charge in [0.25, 0.3) is 5.91 Å². The van der Waals surface area contributed by atoms with Crippen LogP contribution in [0.4, 0.5) is 10.6 Å². The molecular weight excluding hydrogens is 498 g/mol. The minimum absolute atomic E-state index is 0.165. The number of piperazine rings is 1. The van der Waals surface area contributed by atoms with E-state index in [0.717, 1.165) is 21.8 Å². The molecule has 176 valence electrons. The molecule has 3 aliphatic rings. The van der Waals surface area contributed by atoms with Crippen LogP contribution in [0.15, 0.2) is 46.7 Å². The largest absolute Gasteiger partial charge is 0.420 e. The van der Waals surface area contributed by atoms with E-state index in [0.29, 0.717) is 47.7 Å². The van der Waals surface area contributed by atoms with E-state index in [1.54, 1.807) is 34.1 Å². The van der Waals surface area contributed by atoms with Gasteiger partial charge < -0.3 is 14.5 Å². The molecule has 2 aromatic rings. The van der Waals surface area contributed by atoms with Gasteiger partial charge in [-0.05, 0) is 30.3 Å². The normalized spacial score (nSPS) is 20.6. The van der Waals surface area contributed by atoms with Crippen LogP contribution in [0, 0.1) is 0 Å². The lowest BCUT2D eigenvalue weighted by Crippen LogP contribution is -2.51. The van der Waals surface area contributed by atoms with Crippen LogP contribution in [-0.4, -0.2) is 81.6 Å². The minimum Gasteiger partial charge on any atom is -0.420 e. The Morgan fingerprint density at radius 2 is 1.76 bits per heavy atom. The quantitative estimate of drug-likeness (QED) is 0.452. The summed E-state index contributed by atoms with van der Waals surface area (Å²) in [7, 11) is 0. The van der Waals surface area contributed by atoms with Gasteiger partial charge in [-0.3, -0.25) is 9.59 Å². The Morgan fingerprint density at radius 3 is 2.53 bits per heavy atom. The second-order valence-electron chi connectivity index (χ2n) is 7.67. The molecule has 34 heavy (non-hydrogen) atoms. The molecule has 2 aromatic heterocycles. The predicted molar refractivity (Wildman–Crippen MR) is 133 cm³/mol. The summed E-state index contributed by atoms with van der Waals surface area (Å²) < 4.78 is 5.91. The number of carbonyl (C=O) groups is 3. The van der Waals surface area contributed by atoms with Gasteiger partial charge in [0.2, 0.25) is 12.1 Å². The molecule has 0 saturated carbocycles. The van der Waals surface area contributed by atoms with Gasteiger partial charge in [-0.15, -0.1) is 23.5 Å². The van der Waals surface area contributed by atoms with E-state index >= 15 is 0 Å². The number of carbonyl (C=O) groups excluding carboxylic acids is 3. The summed E-state index contributed by atoms with van der Waals surface area (Å²) in [6.07, 6.45) is -0.189. The second kappa shape index (κ2) is 9.47. The Hall–Kier alpha value is -2.76. The van der Waals surface area contributed by atoms with Crippen LogP contribution in [0.3, 0.4) is 0 Å². The summed E-state index contributed by atoms with van der Waals surface area (Å²) in [4.78, 5) is 52.9. The van der Waals surface area contributed by atoms with Crippen LogP contribution in [-0.2, 0) is 14.3 Å². The van der Waals surface area contributed by atoms with Crippen LogP contribution >= 0.6 is 35.1 Å². The Kier molecular flexibility index (Phi) is 6.41. The molecular formula is C22H20ClN5O4S2. The number of anilines is 1. The molecule has 1 unspecified atom stereocenters. The van der Waals surface area contributed by atoms with E-state index in [1.165, 1.54) is 34.5 Å². The number of halogens is 1. The molecule has 9 nitrogen and oxygen atoms in total. The first-order valence-electron chi connectivity index (χ1n) is 10.6. The first-order chi connectivity index (χ1) is 16.5. The summed E-state index contributed by atoms with van der Waals surface area (Å²) in [6.45, 7) is 4.96. The number of amides is 3. The van der Waals surface area contributed by atoms with Crippen LogP contribution < -0.4 is 4.90 Å². The Labute approximate surface area is 209 Å². The van der Waals surface area contributed by atoms with Crippen molar-refractivity contribution in [3.8, 4) is 0 Å². The second-order valence-corrected chi connectivity index (χ2v) is 10.3. The Morgan fingerprint density at radius 1 is 1.06 bits per heavy atom. The molecule has 0 aromatic carbocycles. The van der Waals surface area contributed by atoms with Crippen molar-refractivity contribution in [2.75, 3.05) is 42.6 Å². The first kappa shape index (κ1) is 23.0. The molecule has 3 amide bonds. The highest BCUT2D eigenvalue weighted by molar-refractivity contribution is 8.10. The topological polar surface area (TPSA) is 95.9 Å². The summed E-state index contributed by atoms with van der Waals surface area (Å²) in [5.74, 6) is 1.53. The Balaban J connectivity index is 1.41. The van der Waals surface area contributed by atoms with E-state index in [4.69, 9.17) is 16.3 Å². The number of fused-ring (bicyclic) bond motifs is 1. The first-order valence-corrected chi connectivity index (χ1v) is 12.9. The van der Waals surface area contributed by atoms with Crippen molar-refractivity contribution in [1.29, 1.82) is 0 Å². The number of aromatic nitrogens is 2. The molecule has 0 N–H and O–H groups in total. The number of ether oxygens (including phenoxy) is 1. The van der Waals surface area contributed by atoms with Crippen LogP contribution in [0.25, 0.3) is 11.0 Å². The van der Waals surface area contributed by atoms with Gasteiger partial charge in [-0.1, -0.05) is 18.2 Å². The maximum Gasteiger partial charge on any atom is 0.412 e. The molecule has 1 atom stereocenters. The number of nitrogens with zero attached hydrogens (tertiary/aromatic N) is 5. The zero-order valence-electron chi connectivity index (χ0n) is 18.0. The molecule has 5 rings (SSSR count). The third-order valence-electron chi connectivity index (χ3n) is 5.67. The fourth-order valence-corrected chi connectivity index (χ4v) is 6.52. The smallest absolute Gasteiger partial charge is 0.412 e. The number of hydrogen-bond donors (Lipinski definition) is 0. The van der Waals surface area contributed by atoms with Gasteiger partial charge in [0.05, 0.1) is 9.81 Å². The van der Waals surface area contributed by atoms with Crippen molar-refractivity contribution >= 4 is 69.9 Å². The summed E-state index contributed by atoms with van der Waals surface area (Å²) in [5.41, 5.74) is 0.399. The average Bonchev–Trinajstić information content (AvgIpc) is 3.14. The fraction of sp³-hybridized carbons (Fsp3) is 0.318. The summed E-state index contributed by atoms with van der Waals surface area (Å²) in [5, 5.41) is 1.08. The van der Waals surface area contributed by atoms with Gasteiger partial charge in [0.1, 0.15) is 11.0 Å². The predicted octanol–water partition coefficient (Wildman–Crippen LogP) is 3.11. The monoisotopic (exact) mass is 517 g/mol. The van der Waals surface area contributed by atoms with Crippen LogP contribution in [0.2, 0.25) is 5.15 Å². The third kappa shape index (κ3) is 4.23. The SMILES string of the molecule is C=CC(=O)N1CCN(C(=O)OC2C3=C(SCCS3)C(=O)N2c2ccc3ccc(Cl)nc3n2)CC1. The van der Waals surface area contributed by atoms with E-state index < -0.39 is 12.3 Å². The molecule has 0 radical (unpaired) electrons. The molecule has 1 fully saturated rings. The van der Waals surface area contributed by atoms with E-state index in [9.17, 15) is 14.4 Å². The maximum absolute atomic E-state index is 13.4. The van der Waals surface area contributed by atoms with Gasteiger partial charge in [0.15, 0.2) is 5.65 Å². The standard InChI is InChI=1S/C22H20ClN5O4S2/c1-2-16(29)26-7-9-27(10-8-26)22(31)32-21-18-17(33-11-12-34-18)20(30)28(21)15-6-4-13-3-5-14(23)24-19(13)25-15/h2-6,21H,1,7-12H2. The molecule has 0 aliphatic carbocycles. The van der Waals surface area contributed by atoms with E-state index in [2.05, 4.69) is 16.5 Å². The van der Waals surface area contributed by atoms with Crippen LogP contribution in [0.1, 0.15) is 0 Å². The van der Waals surface area contributed by atoms with Gasteiger partial charge in [0, 0.05) is 43.1 Å². The molecule has 0 bridgehead atoms. The lowest BCUT2D eigenvalue weighted by Gasteiger charge is -2.35. The summed E-state index contributed by atoms with van der Waals surface area (Å²) >= 11 is 9.01. The zero-order chi connectivity index (χ0) is 23.8. The lowest BCUT2D eigenvalue weighted by atomic mass is 10.3. The highest BCUT2D eigenvalue weighted by Crippen LogP contribution is 2.45.